The normalized spacial score (nSPS) is 13.8. The maximum atomic E-state index is 11.8. The van der Waals surface area contributed by atoms with E-state index in [1.807, 2.05) is 20.8 Å². The van der Waals surface area contributed by atoms with Gasteiger partial charge in [-0.3, -0.25) is 4.79 Å². The molecule has 3 heteroatoms. The van der Waals surface area contributed by atoms with Crippen LogP contribution in [0.25, 0.3) is 0 Å². The first-order valence-corrected chi connectivity index (χ1v) is 5.60. The van der Waals surface area contributed by atoms with Crippen molar-refractivity contribution in [3.63, 3.8) is 0 Å². The SMILES string of the molecule is CCCC(C)NC(=O)C(N)(CC)CC. The van der Waals surface area contributed by atoms with Crippen molar-refractivity contribution in [3.8, 4) is 0 Å². The number of carbonyl (C=O) groups is 1. The van der Waals surface area contributed by atoms with Crippen molar-refractivity contribution < 1.29 is 4.79 Å². The number of hydrogen-bond donors (Lipinski definition) is 2. The summed E-state index contributed by atoms with van der Waals surface area (Å²) in [5, 5.41) is 2.96. The third-order valence-corrected chi connectivity index (χ3v) is 2.81. The second-order valence-corrected chi connectivity index (χ2v) is 4.03. The van der Waals surface area contributed by atoms with Gasteiger partial charge in [0.25, 0.3) is 0 Å². The molecule has 3 nitrogen and oxygen atoms in total. The molecule has 0 aliphatic heterocycles. The molecule has 0 saturated heterocycles. The van der Waals surface area contributed by atoms with Gasteiger partial charge in [-0.05, 0) is 26.2 Å². The van der Waals surface area contributed by atoms with Gasteiger partial charge in [0, 0.05) is 6.04 Å². The Labute approximate surface area is 87.4 Å². The monoisotopic (exact) mass is 200 g/mol. The van der Waals surface area contributed by atoms with Crippen LogP contribution in [0.1, 0.15) is 53.4 Å². The van der Waals surface area contributed by atoms with Gasteiger partial charge < -0.3 is 11.1 Å². The molecule has 0 aromatic rings. The Morgan fingerprint density at radius 2 is 1.86 bits per heavy atom. The lowest BCUT2D eigenvalue weighted by Crippen LogP contribution is -2.55. The van der Waals surface area contributed by atoms with Crippen molar-refractivity contribution in [3.05, 3.63) is 0 Å². The highest BCUT2D eigenvalue weighted by molar-refractivity contribution is 5.86. The first-order chi connectivity index (χ1) is 6.50. The molecule has 84 valence electrons. The Balaban J connectivity index is 4.18. The first-order valence-electron chi connectivity index (χ1n) is 5.60. The summed E-state index contributed by atoms with van der Waals surface area (Å²) in [6, 6.07) is 0.230. The van der Waals surface area contributed by atoms with E-state index in [0.717, 1.165) is 12.8 Å². The fourth-order valence-electron chi connectivity index (χ4n) is 1.44. The van der Waals surface area contributed by atoms with Gasteiger partial charge >= 0.3 is 0 Å². The van der Waals surface area contributed by atoms with E-state index in [-0.39, 0.29) is 11.9 Å². The summed E-state index contributed by atoms with van der Waals surface area (Å²) >= 11 is 0. The maximum Gasteiger partial charge on any atom is 0.240 e. The van der Waals surface area contributed by atoms with Crippen molar-refractivity contribution in [1.82, 2.24) is 5.32 Å². The molecule has 1 unspecified atom stereocenters. The molecule has 3 N–H and O–H groups in total. The third kappa shape index (κ3) is 3.66. The van der Waals surface area contributed by atoms with Crippen LogP contribution < -0.4 is 11.1 Å². The summed E-state index contributed by atoms with van der Waals surface area (Å²) in [6.07, 6.45) is 3.47. The number of hydrogen-bond acceptors (Lipinski definition) is 2. The topological polar surface area (TPSA) is 55.1 Å². The molecule has 0 saturated carbocycles. The van der Waals surface area contributed by atoms with E-state index in [1.165, 1.54) is 0 Å². The largest absolute Gasteiger partial charge is 0.352 e. The Bertz CT molecular complexity index is 176. The molecule has 1 amide bonds. The predicted molar refractivity (Wildman–Crippen MR) is 60.0 cm³/mol. The van der Waals surface area contributed by atoms with Gasteiger partial charge in [0.05, 0.1) is 5.54 Å². The molecule has 0 bridgehead atoms. The van der Waals surface area contributed by atoms with Crippen LogP contribution in [0.5, 0.6) is 0 Å². The van der Waals surface area contributed by atoms with Crippen LogP contribution in [0.4, 0.5) is 0 Å². The van der Waals surface area contributed by atoms with Gasteiger partial charge in [-0.15, -0.1) is 0 Å². The number of nitrogens with two attached hydrogens (primary N) is 1. The van der Waals surface area contributed by atoms with E-state index in [9.17, 15) is 4.79 Å². The van der Waals surface area contributed by atoms with Crippen molar-refractivity contribution in [2.45, 2.75) is 65.0 Å². The van der Waals surface area contributed by atoms with E-state index in [0.29, 0.717) is 12.8 Å². The average molecular weight is 200 g/mol. The van der Waals surface area contributed by atoms with E-state index in [4.69, 9.17) is 5.73 Å². The fraction of sp³-hybridized carbons (Fsp3) is 0.909. The Hall–Kier alpha value is -0.570. The Morgan fingerprint density at radius 3 is 2.21 bits per heavy atom. The summed E-state index contributed by atoms with van der Waals surface area (Å²) in [7, 11) is 0. The minimum absolute atomic E-state index is 0.0107. The van der Waals surface area contributed by atoms with E-state index >= 15 is 0 Å². The zero-order valence-corrected chi connectivity index (χ0v) is 9.89. The van der Waals surface area contributed by atoms with Gasteiger partial charge in [0.15, 0.2) is 0 Å². The number of amides is 1. The zero-order valence-electron chi connectivity index (χ0n) is 9.89. The second-order valence-electron chi connectivity index (χ2n) is 4.03. The lowest BCUT2D eigenvalue weighted by Gasteiger charge is -2.27. The van der Waals surface area contributed by atoms with Crippen LogP contribution >= 0.6 is 0 Å². The molecule has 0 aliphatic carbocycles. The Kier molecular flexibility index (Phi) is 5.77. The molecule has 0 aliphatic rings. The van der Waals surface area contributed by atoms with Crippen LogP contribution in [-0.2, 0) is 4.79 Å². The van der Waals surface area contributed by atoms with Crippen molar-refractivity contribution >= 4 is 5.91 Å². The van der Waals surface area contributed by atoms with E-state index in [2.05, 4.69) is 12.2 Å². The van der Waals surface area contributed by atoms with Crippen LogP contribution in [0.15, 0.2) is 0 Å². The van der Waals surface area contributed by atoms with Crippen molar-refractivity contribution in [1.29, 1.82) is 0 Å². The third-order valence-electron chi connectivity index (χ3n) is 2.81. The highest BCUT2D eigenvalue weighted by Gasteiger charge is 2.30. The van der Waals surface area contributed by atoms with Gasteiger partial charge in [-0.1, -0.05) is 27.2 Å². The molecule has 0 aromatic carbocycles. The lowest BCUT2D eigenvalue weighted by atomic mass is 9.93. The molecule has 0 heterocycles. The van der Waals surface area contributed by atoms with E-state index in [1.54, 1.807) is 0 Å². The lowest BCUT2D eigenvalue weighted by molar-refractivity contribution is -0.127. The molecule has 0 aromatic heterocycles. The van der Waals surface area contributed by atoms with Crippen molar-refractivity contribution in [2.24, 2.45) is 5.73 Å². The molecule has 0 radical (unpaired) electrons. The quantitative estimate of drug-likeness (QED) is 0.687. The summed E-state index contributed by atoms with van der Waals surface area (Å²) in [6.45, 7) is 8.03. The predicted octanol–water partition coefficient (Wildman–Crippen LogP) is 1.81. The van der Waals surface area contributed by atoms with Crippen LogP contribution in [0.3, 0.4) is 0 Å². The minimum atomic E-state index is -0.679. The van der Waals surface area contributed by atoms with Gasteiger partial charge in [-0.25, -0.2) is 0 Å². The minimum Gasteiger partial charge on any atom is -0.352 e. The Morgan fingerprint density at radius 1 is 1.36 bits per heavy atom. The molecule has 0 rings (SSSR count). The number of rotatable bonds is 6. The number of nitrogens with one attached hydrogen (secondary N) is 1. The molecule has 1 atom stereocenters. The molecular formula is C11H24N2O. The van der Waals surface area contributed by atoms with Gasteiger partial charge in [0.1, 0.15) is 0 Å². The summed E-state index contributed by atoms with van der Waals surface area (Å²) < 4.78 is 0. The van der Waals surface area contributed by atoms with Crippen LogP contribution in [0, 0.1) is 0 Å². The highest BCUT2D eigenvalue weighted by Crippen LogP contribution is 2.11. The van der Waals surface area contributed by atoms with Crippen LogP contribution in [-0.4, -0.2) is 17.5 Å². The smallest absolute Gasteiger partial charge is 0.240 e. The molecule has 14 heavy (non-hydrogen) atoms. The fourth-order valence-corrected chi connectivity index (χ4v) is 1.44. The summed E-state index contributed by atoms with van der Waals surface area (Å²) in [5.41, 5.74) is 5.29. The average Bonchev–Trinajstić information content (AvgIpc) is 2.16. The second kappa shape index (κ2) is 6.02. The van der Waals surface area contributed by atoms with Crippen LogP contribution in [0.2, 0.25) is 0 Å². The molecule has 0 fully saturated rings. The molecule has 0 spiro atoms. The van der Waals surface area contributed by atoms with E-state index < -0.39 is 5.54 Å². The zero-order chi connectivity index (χ0) is 11.2. The summed E-state index contributed by atoms with van der Waals surface area (Å²) in [5.74, 6) is -0.0107. The summed E-state index contributed by atoms with van der Waals surface area (Å²) in [4.78, 5) is 11.8. The maximum absolute atomic E-state index is 11.8. The molecular weight excluding hydrogens is 176 g/mol. The number of carbonyl (C=O) groups excluding carboxylic acids is 1. The van der Waals surface area contributed by atoms with Gasteiger partial charge in [0.2, 0.25) is 5.91 Å². The van der Waals surface area contributed by atoms with Gasteiger partial charge in [-0.2, -0.15) is 0 Å². The first kappa shape index (κ1) is 13.4. The highest BCUT2D eigenvalue weighted by atomic mass is 16.2. The van der Waals surface area contributed by atoms with Crippen molar-refractivity contribution in [2.75, 3.05) is 0 Å². The standard InChI is InChI=1S/C11H24N2O/c1-5-8-9(4)13-10(14)11(12,6-2)7-3/h9H,5-8,12H2,1-4H3,(H,13,14).